The van der Waals surface area contributed by atoms with Gasteiger partial charge in [-0.05, 0) is 25.8 Å². The number of hydrogen-bond acceptors (Lipinski definition) is 3. The van der Waals surface area contributed by atoms with Gasteiger partial charge in [0.15, 0.2) is 0 Å². The number of rotatable bonds is 9. The van der Waals surface area contributed by atoms with Crippen molar-refractivity contribution in [2.45, 2.75) is 27.2 Å². The number of nitrogens with one attached hydrogen (secondary N) is 1. The molecule has 0 saturated carbocycles. The highest BCUT2D eigenvalue weighted by molar-refractivity contribution is 5.77. The molecule has 0 unspecified atom stereocenters. The molecule has 0 aliphatic carbocycles. The van der Waals surface area contributed by atoms with Gasteiger partial charge < -0.3 is 15.0 Å². The van der Waals surface area contributed by atoms with E-state index in [0.717, 1.165) is 32.7 Å². The number of nitrogens with zero attached hydrogens (tertiary/aromatic N) is 1. The largest absolute Gasteiger partial charge is 0.381 e. The summed E-state index contributed by atoms with van der Waals surface area (Å²) in [4.78, 5) is 13.1. The van der Waals surface area contributed by atoms with Gasteiger partial charge in [0.25, 0.3) is 0 Å². The highest BCUT2D eigenvalue weighted by Gasteiger charge is 2.04. The Hall–Kier alpha value is -0.610. The van der Waals surface area contributed by atoms with Gasteiger partial charge in [0.2, 0.25) is 5.91 Å². The zero-order valence-corrected chi connectivity index (χ0v) is 11.1. The molecule has 1 amide bonds. The average Bonchev–Trinajstić information content (AvgIpc) is 2.25. The zero-order chi connectivity index (χ0) is 12.4. The highest BCUT2D eigenvalue weighted by atomic mass is 16.5. The zero-order valence-electron chi connectivity index (χ0n) is 11.1. The number of amides is 1. The minimum absolute atomic E-state index is 0.144. The molecular formula is C12H26N2O2. The monoisotopic (exact) mass is 230 g/mol. The van der Waals surface area contributed by atoms with Gasteiger partial charge in [-0.3, -0.25) is 4.79 Å². The summed E-state index contributed by atoms with van der Waals surface area (Å²) in [5, 5.41) is 3.12. The van der Waals surface area contributed by atoms with Crippen molar-refractivity contribution in [3.8, 4) is 0 Å². The first-order chi connectivity index (χ1) is 7.57. The Balaban J connectivity index is 3.24. The van der Waals surface area contributed by atoms with Crippen molar-refractivity contribution in [2.75, 3.05) is 39.9 Å². The van der Waals surface area contributed by atoms with Crippen molar-refractivity contribution < 1.29 is 9.53 Å². The first-order valence-corrected chi connectivity index (χ1v) is 6.10. The van der Waals surface area contributed by atoms with Crippen LogP contribution in [-0.4, -0.2) is 50.7 Å². The maximum atomic E-state index is 11.4. The van der Waals surface area contributed by atoms with E-state index in [1.54, 1.807) is 4.90 Å². The third-order valence-electron chi connectivity index (χ3n) is 2.27. The Morgan fingerprint density at radius 3 is 2.69 bits per heavy atom. The predicted molar refractivity (Wildman–Crippen MR) is 66.5 cm³/mol. The molecule has 0 radical (unpaired) electrons. The van der Waals surface area contributed by atoms with E-state index >= 15 is 0 Å². The lowest BCUT2D eigenvalue weighted by molar-refractivity contribution is -0.128. The lowest BCUT2D eigenvalue weighted by atomic mass is 10.2. The van der Waals surface area contributed by atoms with Crippen molar-refractivity contribution in [2.24, 2.45) is 5.92 Å². The Kier molecular flexibility index (Phi) is 9.24. The Morgan fingerprint density at radius 2 is 2.12 bits per heavy atom. The van der Waals surface area contributed by atoms with E-state index in [0.29, 0.717) is 12.5 Å². The van der Waals surface area contributed by atoms with Crippen LogP contribution in [0.4, 0.5) is 0 Å². The lowest BCUT2D eigenvalue weighted by Gasteiger charge is -2.14. The minimum Gasteiger partial charge on any atom is -0.381 e. The van der Waals surface area contributed by atoms with Crippen molar-refractivity contribution in [3.05, 3.63) is 0 Å². The summed E-state index contributed by atoms with van der Waals surface area (Å²) in [6, 6.07) is 0. The van der Waals surface area contributed by atoms with Crippen LogP contribution in [0.15, 0.2) is 0 Å². The van der Waals surface area contributed by atoms with Gasteiger partial charge in [0.1, 0.15) is 0 Å². The van der Waals surface area contributed by atoms with E-state index in [-0.39, 0.29) is 5.91 Å². The normalized spacial score (nSPS) is 10.8. The summed E-state index contributed by atoms with van der Waals surface area (Å²) in [6.07, 6.45) is 0.954. The van der Waals surface area contributed by atoms with E-state index in [2.05, 4.69) is 19.2 Å². The molecule has 0 saturated heterocycles. The van der Waals surface area contributed by atoms with Gasteiger partial charge >= 0.3 is 0 Å². The molecule has 0 bridgehead atoms. The molecule has 0 heterocycles. The first kappa shape index (κ1) is 15.4. The second-order valence-electron chi connectivity index (χ2n) is 4.41. The van der Waals surface area contributed by atoms with Crippen LogP contribution in [0.3, 0.4) is 0 Å². The van der Waals surface area contributed by atoms with E-state index in [9.17, 15) is 4.79 Å². The maximum Gasteiger partial charge on any atom is 0.236 e. The molecule has 0 rings (SSSR count). The predicted octanol–water partition coefficient (Wildman–Crippen LogP) is 1.12. The number of likely N-dealkylation sites (N-methyl/N-ethyl adjacent to an activating group) is 1. The highest BCUT2D eigenvalue weighted by Crippen LogP contribution is 1.92. The number of ether oxygens (including phenoxy) is 1. The summed E-state index contributed by atoms with van der Waals surface area (Å²) in [5.41, 5.74) is 0. The fourth-order valence-corrected chi connectivity index (χ4v) is 1.12. The second kappa shape index (κ2) is 9.60. The van der Waals surface area contributed by atoms with Gasteiger partial charge in [-0.15, -0.1) is 0 Å². The number of carbonyl (C=O) groups is 1. The third kappa shape index (κ3) is 8.68. The standard InChI is InChI=1S/C12H26N2O2/c1-5-14(4)12(15)9-13-7-6-8-16-10-11(2)3/h11,13H,5-10H2,1-4H3. The van der Waals surface area contributed by atoms with Gasteiger partial charge in [-0.1, -0.05) is 13.8 Å². The van der Waals surface area contributed by atoms with Gasteiger partial charge in [-0.25, -0.2) is 0 Å². The van der Waals surface area contributed by atoms with Crippen molar-refractivity contribution in [1.82, 2.24) is 10.2 Å². The average molecular weight is 230 g/mol. The van der Waals surface area contributed by atoms with Crippen LogP contribution in [0.2, 0.25) is 0 Å². The van der Waals surface area contributed by atoms with Crippen LogP contribution in [0.25, 0.3) is 0 Å². The maximum absolute atomic E-state index is 11.4. The molecule has 0 aliphatic rings. The molecule has 0 atom stereocenters. The summed E-state index contributed by atoms with van der Waals surface area (Å²) in [5.74, 6) is 0.735. The molecule has 0 aromatic rings. The molecule has 0 aromatic carbocycles. The van der Waals surface area contributed by atoms with Crippen molar-refractivity contribution in [3.63, 3.8) is 0 Å². The quantitative estimate of drug-likeness (QED) is 0.603. The molecule has 0 aliphatic heterocycles. The molecule has 4 nitrogen and oxygen atoms in total. The first-order valence-electron chi connectivity index (χ1n) is 6.10. The SMILES string of the molecule is CCN(C)C(=O)CNCCCOCC(C)C. The van der Waals surface area contributed by atoms with E-state index in [1.165, 1.54) is 0 Å². The smallest absolute Gasteiger partial charge is 0.236 e. The molecular weight excluding hydrogens is 204 g/mol. The molecule has 4 heteroatoms. The van der Waals surface area contributed by atoms with E-state index < -0.39 is 0 Å². The topological polar surface area (TPSA) is 41.6 Å². The van der Waals surface area contributed by atoms with Crippen LogP contribution >= 0.6 is 0 Å². The molecule has 1 N–H and O–H groups in total. The van der Waals surface area contributed by atoms with E-state index in [1.807, 2.05) is 14.0 Å². The molecule has 96 valence electrons. The number of carbonyl (C=O) groups excluding carboxylic acids is 1. The summed E-state index contributed by atoms with van der Waals surface area (Å²) in [6.45, 7) is 9.85. The summed E-state index contributed by atoms with van der Waals surface area (Å²) in [7, 11) is 1.82. The van der Waals surface area contributed by atoms with Gasteiger partial charge in [0.05, 0.1) is 6.54 Å². The second-order valence-corrected chi connectivity index (χ2v) is 4.41. The Bertz CT molecular complexity index is 184. The fraction of sp³-hybridized carbons (Fsp3) is 0.917. The number of hydrogen-bond donors (Lipinski definition) is 1. The fourth-order valence-electron chi connectivity index (χ4n) is 1.12. The molecule has 0 fully saturated rings. The lowest BCUT2D eigenvalue weighted by Crippen LogP contribution is -2.35. The van der Waals surface area contributed by atoms with Crippen LogP contribution in [0.5, 0.6) is 0 Å². The Morgan fingerprint density at radius 1 is 1.44 bits per heavy atom. The van der Waals surface area contributed by atoms with Crippen molar-refractivity contribution in [1.29, 1.82) is 0 Å². The van der Waals surface area contributed by atoms with Crippen LogP contribution < -0.4 is 5.32 Å². The van der Waals surface area contributed by atoms with Crippen LogP contribution in [0, 0.1) is 5.92 Å². The Labute approximate surface area is 99.3 Å². The molecule has 0 aromatic heterocycles. The third-order valence-corrected chi connectivity index (χ3v) is 2.27. The van der Waals surface area contributed by atoms with Crippen LogP contribution in [0.1, 0.15) is 27.2 Å². The van der Waals surface area contributed by atoms with E-state index in [4.69, 9.17) is 4.74 Å². The van der Waals surface area contributed by atoms with Gasteiger partial charge in [-0.2, -0.15) is 0 Å². The van der Waals surface area contributed by atoms with Gasteiger partial charge in [0, 0.05) is 26.8 Å². The minimum atomic E-state index is 0.144. The molecule has 16 heavy (non-hydrogen) atoms. The summed E-state index contributed by atoms with van der Waals surface area (Å²) < 4.78 is 5.44. The molecule has 0 spiro atoms. The van der Waals surface area contributed by atoms with Crippen molar-refractivity contribution >= 4 is 5.91 Å². The van der Waals surface area contributed by atoms with Crippen LogP contribution in [-0.2, 0) is 9.53 Å². The summed E-state index contributed by atoms with van der Waals surface area (Å²) >= 11 is 0.